The molecule has 1 aromatic heterocycles. The van der Waals surface area contributed by atoms with E-state index in [9.17, 15) is 8.42 Å². The summed E-state index contributed by atoms with van der Waals surface area (Å²) in [7, 11) is -3.55. The molecule has 0 aliphatic heterocycles. The van der Waals surface area contributed by atoms with E-state index in [4.69, 9.17) is 0 Å². The topological polar surface area (TPSA) is 64.0 Å². The molecule has 130 valence electrons. The number of rotatable bonds is 7. The lowest BCUT2D eigenvalue weighted by Crippen LogP contribution is -2.24. The van der Waals surface area contributed by atoms with Crippen LogP contribution in [-0.4, -0.2) is 24.7 Å². The van der Waals surface area contributed by atoms with Crippen LogP contribution in [0, 0.1) is 0 Å². The van der Waals surface area contributed by atoms with Crippen molar-refractivity contribution in [3.05, 3.63) is 36.5 Å². The molecule has 0 unspecified atom stereocenters. The summed E-state index contributed by atoms with van der Waals surface area (Å²) < 4.78 is 30.1. The molecule has 5 nitrogen and oxygen atoms in total. The third kappa shape index (κ3) is 3.70. The van der Waals surface area contributed by atoms with Crippen molar-refractivity contribution in [1.29, 1.82) is 0 Å². The lowest BCUT2D eigenvalue weighted by atomic mass is 10.2. The molecule has 6 heteroatoms. The van der Waals surface area contributed by atoms with Crippen molar-refractivity contribution >= 4 is 10.0 Å². The van der Waals surface area contributed by atoms with Gasteiger partial charge in [-0.1, -0.05) is 56.5 Å². The molecule has 1 saturated carbocycles. The molecule has 2 aromatic rings. The minimum Gasteiger partial charge on any atom is -0.268 e. The SMILES string of the molecule is CCCCNS(=O)(=O)c1cn(C2CCCC2)nc1-c1ccccc1. The summed E-state index contributed by atoms with van der Waals surface area (Å²) in [5, 5.41) is 4.65. The maximum atomic E-state index is 12.8. The van der Waals surface area contributed by atoms with E-state index in [0.717, 1.165) is 31.2 Å². The van der Waals surface area contributed by atoms with Gasteiger partial charge in [-0.15, -0.1) is 0 Å². The van der Waals surface area contributed by atoms with Gasteiger partial charge >= 0.3 is 0 Å². The number of unbranched alkanes of at least 4 members (excludes halogenated alkanes) is 1. The zero-order chi connectivity index (χ0) is 17.0. The molecule has 1 aromatic carbocycles. The van der Waals surface area contributed by atoms with Crippen LogP contribution in [0.5, 0.6) is 0 Å². The second-order valence-electron chi connectivity index (χ2n) is 6.38. The Kier molecular flexibility index (Phi) is 5.36. The van der Waals surface area contributed by atoms with Gasteiger partial charge in [-0.05, 0) is 19.3 Å². The van der Waals surface area contributed by atoms with Crippen LogP contribution in [0.3, 0.4) is 0 Å². The summed E-state index contributed by atoms with van der Waals surface area (Å²) in [6.07, 6.45) is 8.00. The number of hydrogen-bond donors (Lipinski definition) is 1. The van der Waals surface area contributed by atoms with Gasteiger partial charge in [-0.25, -0.2) is 13.1 Å². The van der Waals surface area contributed by atoms with E-state index >= 15 is 0 Å². The molecule has 0 saturated heterocycles. The van der Waals surface area contributed by atoms with Gasteiger partial charge in [0.25, 0.3) is 0 Å². The number of sulfonamides is 1. The Morgan fingerprint density at radius 2 is 1.92 bits per heavy atom. The molecule has 24 heavy (non-hydrogen) atoms. The first-order chi connectivity index (χ1) is 11.6. The second-order valence-corrected chi connectivity index (χ2v) is 8.11. The van der Waals surface area contributed by atoms with Gasteiger partial charge in [0.15, 0.2) is 0 Å². The first kappa shape index (κ1) is 17.2. The maximum absolute atomic E-state index is 12.8. The first-order valence-corrected chi connectivity index (χ1v) is 10.2. The Labute approximate surface area is 144 Å². The van der Waals surface area contributed by atoms with Gasteiger partial charge in [-0.2, -0.15) is 5.10 Å². The van der Waals surface area contributed by atoms with Crippen molar-refractivity contribution < 1.29 is 8.42 Å². The number of aromatic nitrogens is 2. The number of hydrogen-bond acceptors (Lipinski definition) is 3. The predicted octanol–water partition coefficient (Wildman–Crippen LogP) is 3.74. The van der Waals surface area contributed by atoms with Crippen LogP contribution in [-0.2, 0) is 10.0 Å². The Hall–Kier alpha value is -1.66. The van der Waals surface area contributed by atoms with Crippen LogP contribution in [0.1, 0.15) is 51.5 Å². The lowest BCUT2D eigenvalue weighted by molar-refractivity contribution is 0.467. The predicted molar refractivity (Wildman–Crippen MR) is 95.3 cm³/mol. The molecule has 1 aliphatic carbocycles. The van der Waals surface area contributed by atoms with Gasteiger partial charge in [0.2, 0.25) is 10.0 Å². The fourth-order valence-corrected chi connectivity index (χ4v) is 4.41. The van der Waals surface area contributed by atoms with Crippen molar-refractivity contribution in [2.75, 3.05) is 6.54 Å². The van der Waals surface area contributed by atoms with Gasteiger partial charge < -0.3 is 0 Å². The third-order valence-electron chi connectivity index (χ3n) is 4.56. The molecule has 3 rings (SSSR count). The molecule has 1 fully saturated rings. The standard InChI is InChI=1S/C18H25N3O2S/c1-2-3-13-19-24(22,23)17-14-21(16-11-7-8-12-16)20-18(17)15-9-5-4-6-10-15/h4-6,9-10,14,16,19H,2-3,7-8,11-13H2,1H3. The molecule has 0 radical (unpaired) electrons. The van der Waals surface area contributed by atoms with Gasteiger partial charge in [-0.3, -0.25) is 4.68 Å². The number of nitrogens with zero attached hydrogens (tertiary/aromatic N) is 2. The fourth-order valence-electron chi connectivity index (χ4n) is 3.18. The van der Waals surface area contributed by atoms with E-state index in [1.807, 2.05) is 41.9 Å². The minimum absolute atomic E-state index is 0.289. The summed E-state index contributed by atoms with van der Waals surface area (Å²) in [5.41, 5.74) is 1.39. The Morgan fingerprint density at radius 3 is 2.58 bits per heavy atom. The molecule has 0 bridgehead atoms. The summed E-state index contributed by atoms with van der Waals surface area (Å²) in [5.74, 6) is 0. The molecule has 0 amide bonds. The van der Waals surface area contributed by atoms with Crippen molar-refractivity contribution in [2.45, 2.75) is 56.4 Å². The average molecular weight is 347 g/mol. The van der Waals surface area contributed by atoms with Crippen molar-refractivity contribution in [1.82, 2.24) is 14.5 Å². The summed E-state index contributed by atoms with van der Waals surface area (Å²) in [6.45, 7) is 2.50. The van der Waals surface area contributed by atoms with Crippen molar-refractivity contribution in [3.63, 3.8) is 0 Å². The zero-order valence-electron chi connectivity index (χ0n) is 14.1. The van der Waals surface area contributed by atoms with Gasteiger partial charge in [0.1, 0.15) is 10.6 Å². The largest absolute Gasteiger partial charge is 0.268 e. The van der Waals surface area contributed by atoms with Crippen LogP contribution in [0.15, 0.2) is 41.4 Å². The second kappa shape index (κ2) is 7.49. The Bertz CT molecular complexity index is 763. The quantitative estimate of drug-likeness (QED) is 0.776. The smallest absolute Gasteiger partial charge is 0.244 e. The van der Waals surface area contributed by atoms with Gasteiger partial charge in [0, 0.05) is 18.3 Å². The van der Waals surface area contributed by atoms with Crippen LogP contribution in [0.25, 0.3) is 11.3 Å². The van der Waals surface area contributed by atoms with Crippen LogP contribution >= 0.6 is 0 Å². The molecule has 1 heterocycles. The van der Waals surface area contributed by atoms with Gasteiger partial charge in [0.05, 0.1) is 6.04 Å². The van der Waals surface area contributed by atoms with Crippen LogP contribution < -0.4 is 4.72 Å². The van der Waals surface area contributed by atoms with E-state index in [0.29, 0.717) is 18.3 Å². The highest BCUT2D eigenvalue weighted by molar-refractivity contribution is 7.89. The average Bonchev–Trinajstić information content (AvgIpc) is 3.25. The van der Waals surface area contributed by atoms with Crippen LogP contribution in [0.4, 0.5) is 0 Å². The van der Waals surface area contributed by atoms with E-state index in [-0.39, 0.29) is 4.90 Å². The maximum Gasteiger partial charge on any atom is 0.244 e. The monoisotopic (exact) mass is 347 g/mol. The first-order valence-electron chi connectivity index (χ1n) is 8.76. The van der Waals surface area contributed by atoms with E-state index in [1.54, 1.807) is 6.20 Å². The molecular formula is C18H25N3O2S. The highest BCUT2D eigenvalue weighted by Gasteiger charge is 2.26. The fraction of sp³-hybridized carbons (Fsp3) is 0.500. The third-order valence-corrected chi connectivity index (χ3v) is 6.02. The van der Waals surface area contributed by atoms with Crippen molar-refractivity contribution in [3.8, 4) is 11.3 Å². The van der Waals surface area contributed by atoms with E-state index in [2.05, 4.69) is 9.82 Å². The minimum atomic E-state index is -3.55. The van der Waals surface area contributed by atoms with Crippen LogP contribution in [0.2, 0.25) is 0 Å². The van der Waals surface area contributed by atoms with E-state index in [1.165, 1.54) is 12.8 Å². The van der Waals surface area contributed by atoms with Crippen molar-refractivity contribution in [2.24, 2.45) is 0 Å². The van der Waals surface area contributed by atoms with E-state index < -0.39 is 10.0 Å². The Balaban J connectivity index is 1.99. The lowest BCUT2D eigenvalue weighted by Gasteiger charge is -2.08. The summed E-state index contributed by atoms with van der Waals surface area (Å²) >= 11 is 0. The molecule has 1 N–H and O–H groups in total. The normalized spacial score (nSPS) is 15.9. The Morgan fingerprint density at radius 1 is 1.21 bits per heavy atom. The summed E-state index contributed by atoms with van der Waals surface area (Å²) in [4.78, 5) is 0.289. The number of nitrogens with one attached hydrogen (secondary N) is 1. The molecule has 0 spiro atoms. The summed E-state index contributed by atoms with van der Waals surface area (Å²) in [6, 6.07) is 9.87. The molecular weight excluding hydrogens is 322 g/mol. The molecule has 1 aliphatic rings. The zero-order valence-corrected chi connectivity index (χ0v) is 14.9. The number of benzene rings is 1. The molecule has 0 atom stereocenters. The highest BCUT2D eigenvalue weighted by atomic mass is 32.2. The highest BCUT2D eigenvalue weighted by Crippen LogP contribution is 2.33.